The molecule has 0 saturated heterocycles. The van der Waals surface area contributed by atoms with Gasteiger partial charge in [0.2, 0.25) is 17.1 Å². The number of hydrogen-bond donors (Lipinski definition) is 0. The van der Waals surface area contributed by atoms with Crippen molar-refractivity contribution in [2.75, 3.05) is 0 Å². The predicted molar refractivity (Wildman–Crippen MR) is 318 cm³/mol. The summed E-state index contributed by atoms with van der Waals surface area (Å²) in [7, 11) is 0. The summed E-state index contributed by atoms with van der Waals surface area (Å²) in [5.74, 6) is 1.66. The lowest BCUT2D eigenvalue weighted by Crippen LogP contribution is -1.97. The van der Waals surface area contributed by atoms with Crippen molar-refractivity contribution in [2.45, 2.75) is 0 Å². The van der Waals surface area contributed by atoms with Gasteiger partial charge in [-0.1, -0.05) is 140 Å². The van der Waals surface area contributed by atoms with Crippen molar-refractivity contribution in [3.05, 3.63) is 249 Å². The molecule has 0 spiro atoms. The first-order valence-electron chi connectivity index (χ1n) is 26.2. The Bertz CT molecular complexity index is 5460. The van der Waals surface area contributed by atoms with E-state index in [0.29, 0.717) is 17.1 Å². The highest BCUT2D eigenvalue weighted by molar-refractivity contribution is 6.27. The Hall–Kier alpha value is -10.8. The van der Waals surface area contributed by atoms with Gasteiger partial charge in [0, 0.05) is 76.8 Å². The molecule has 0 N–H and O–H groups in total. The fourth-order valence-corrected chi connectivity index (χ4v) is 12.5. The highest BCUT2D eigenvalue weighted by Gasteiger charge is 2.24. The first-order valence-corrected chi connectivity index (χ1v) is 26.2. The van der Waals surface area contributed by atoms with Gasteiger partial charge in [-0.25, -0.2) is 4.98 Å². The maximum atomic E-state index is 6.17. The van der Waals surface area contributed by atoms with Crippen LogP contribution in [-0.4, -0.2) is 33.2 Å². The summed E-state index contributed by atoms with van der Waals surface area (Å²) in [6.45, 7) is 0. The van der Waals surface area contributed by atoms with Crippen LogP contribution in [0.4, 0.5) is 0 Å². The van der Waals surface area contributed by atoms with Gasteiger partial charge < -0.3 is 18.0 Å². The van der Waals surface area contributed by atoms with Crippen molar-refractivity contribution in [2.24, 2.45) is 0 Å². The van der Waals surface area contributed by atoms with Crippen LogP contribution in [0, 0.1) is 0 Å². The molecular weight excluding hydrogens is 959 g/mol. The molecule has 0 radical (unpaired) electrons. The zero-order valence-electron chi connectivity index (χ0n) is 41.6. The summed E-state index contributed by atoms with van der Waals surface area (Å²) in [5.41, 5.74) is 14.2. The molecular formula is C69H41N7O2. The molecule has 364 valence electrons. The maximum Gasteiger partial charge on any atom is 0.231 e. The van der Waals surface area contributed by atoms with Crippen LogP contribution >= 0.6 is 0 Å². The molecule has 0 atom stereocenters. The van der Waals surface area contributed by atoms with Crippen molar-refractivity contribution in [3.8, 4) is 23.0 Å². The molecule has 0 fully saturated rings. The maximum absolute atomic E-state index is 6.17. The predicted octanol–water partition coefficient (Wildman–Crippen LogP) is 17.7. The lowest BCUT2D eigenvalue weighted by molar-refractivity contribution is 0.639. The van der Waals surface area contributed by atoms with E-state index in [4.69, 9.17) is 18.8 Å². The van der Waals surface area contributed by atoms with Crippen LogP contribution in [0.15, 0.2) is 258 Å². The Morgan fingerprint density at radius 1 is 0.256 bits per heavy atom. The third kappa shape index (κ3) is 6.03. The van der Waals surface area contributed by atoms with Crippen molar-refractivity contribution in [1.29, 1.82) is 0 Å². The summed E-state index contributed by atoms with van der Waals surface area (Å²) in [4.78, 5) is 14.5. The molecule has 9 aromatic heterocycles. The Labute approximate surface area is 443 Å². The van der Waals surface area contributed by atoms with Crippen LogP contribution in [0.2, 0.25) is 0 Å². The lowest BCUT2D eigenvalue weighted by atomic mass is 10.1. The summed E-state index contributed by atoms with van der Waals surface area (Å²) in [5, 5.41) is 13.8. The van der Waals surface area contributed by atoms with E-state index < -0.39 is 0 Å². The molecule has 9 heterocycles. The van der Waals surface area contributed by atoms with Gasteiger partial charge >= 0.3 is 0 Å². The highest BCUT2D eigenvalue weighted by Crippen LogP contribution is 2.44. The number of benzene rings is 9. The number of pyridine rings is 3. The van der Waals surface area contributed by atoms with Crippen LogP contribution in [0.5, 0.6) is 0 Å². The average molecular weight is 1000 g/mol. The largest absolute Gasteiger partial charge is 0.438 e. The minimum atomic E-state index is 0.589. The van der Waals surface area contributed by atoms with Gasteiger partial charge in [0.25, 0.3) is 0 Å². The minimum Gasteiger partial charge on any atom is -0.438 e. The Morgan fingerprint density at radius 3 is 1.32 bits per heavy atom. The molecule has 9 nitrogen and oxygen atoms in total. The van der Waals surface area contributed by atoms with Gasteiger partial charge in [0.05, 0.1) is 49.5 Å². The van der Waals surface area contributed by atoms with E-state index in [-0.39, 0.29) is 0 Å². The molecule has 18 aromatic rings. The summed E-state index contributed by atoms with van der Waals surface area (Å²) >= 11 is 0. The average Bonchev–Trinajstić information content (AvgIpc) is 4.54. The van der Waals surface area contributed by atoms with Crippen molar-refractivity contribution in [1.82, 2.24) is 33.2 Å². The monoisotopic (exact) mass is 999 g/mol. The van der Waals surface area contributed by atoms with E-state index in [9.17, 15) is 0 Å². The molecule has 0 aliphatic heterocycles. The van der Waals surface area contributed by atoms with Crippen LogP contribution in [-0.2, 0) is 0 Å². The van der Waals surface area contributed by atoms with E-state index in [2.05, 4.69) is 236 Å². The second-order valence-corrected chi connectivity index (χ2v) is 19.9. The second-order valence-electron chi connectivity index (χ2n) is 19.9. The van der Waals surface area contributed by atoms with Crippen LogP contribution in [0.3, 0.4) is 0 Å². The number of aromatic nitrogens is 7. The van der Waals surface area contributed by atoms with Crippen molar-refractivity contribution in [3.63, 3.8) is 0 Å². The summed E-state index contributed by atoms with van der Waals surface area (Å²) < 4.78 is 21.6. The third-order valence-electron chi connectivity index (χ3n) is 15.8. The number of para-hydroxylation sites is 7. The van der Waals surface area contributed by atoms with E-state index in [1.807, 2.05) is 30.3 Å². The zero-order chi connectivity index (χ0) is 51.0. The van der Waals surface area contributed by atoms with Crippen molar-refractivity contribution < 1.29 is 8.83 Å². The first-order chi connectivity index (χ1) is 38.7. The smallest absolute Gasteiger partial charge is 0.231 e. The minimum absolute atomic E-state index is 0.589. The normalized spacial score (nSPS) is 12.1. The zero-order valence-corrected chi connectivity index (χ0v) is 41.6. The number of nitrogens with zero attached hydrogens (tertiary/aromatic N) is 7. The van der Waals surface area contributed by atoms with E-state index in [1.165, 1.54) is 59.6 Å². The standard InChI is InChI=1S/C35H21N3O.C34H20N4O/c1-2-10-22(11-3-1)37-28-15-7-4-12-23(28)25-18-20-30-33(34(25)37)27-14-5-8-16-29(27)38(30)32-21-19-26-24-13-6-9-17-31(24)39-35(26)36-32;1-2-9-21(10-3-1)37-28-15-7-5-12-26(28)31-29(37)18-16-23-22-11-4-6-14-27(22)38(32(23)31)30-19-17-25-24-13-8-20-35-33(24)39-34(25)36-30/h1-21H;1-20H. The molecule has 0 saturated carbocycles. The molecule has 0 aliphatic carbocycles. The van der Waals surface area contributed by atoms with E-state index in [1.54, 1.807) is 6.20 Å². The van der Waals surface area contributed by atoms with Crippen LogP contribution in [0.25, 0.3) is 155 Å². The molecule has 18 rings (SSSR count). The van der Waals surface area contributed by atoms with Gasteiger partial charge in [-0.15, -0.1) is 0 Å². The summed E-state index contributed by atoms with van der Waals surface area (Å²) in [6, 6.07) is 85.2. The molecule has 0 bridgehead atoms. The van der Waals surface area contributed by atoms with Gasteiger partial charge in [-0.3, -0.25) is 9.13 Å². The Morgan fingerprint density at radius 2 is 0.679 bits per heavy atom. The Balaban J connectivity index is 0.000000126. The molecule has 9 heteroatoms. The van der Waals surface area contributed by atoms with Gasteiger partial charge in [0.1, 0.15) is 17.2 Å². The molecule has 0 unspecified atom stereocenters. The van der Waals surface area contributed by atoms with Crippen LogP contribution in [0.1, 0.15) is 0 Å². The number of fused-ring (bicyclic) bond motifs is 20. The fraction of sp³-hybridized carbons (Fsp3) is 0. The van der Waals surface area contributed by atoms with Gasteiger partial charge in [-0.2, -0.15) is 9.97 Å². The molecule has 9 aromatic carbocycles. The van der Waals surface area contributed by atoms with E-state index >= 15 is 0 Å². The topological polar surface area (TPSA) is 84.7 Å². The quantitative estimate of drug-likeness (QED) is 0.175. The van der Waals surface area contributed by atoms with Crippen LogP contribution < -0.4 is 0 Å². The van der Waals surface area contributed by atoms with Gasteiger partial charge in [0.15, 0.2) is 0 Å². The number of furan rings is 2. The Kier molecular flexibility index (Phi) is 8.93. The van der Waals surface area contributed by atoms with E-state index in [0.717, 1.165) is 77.7 Å². The second kappa shape index (κ2) is 16.4. The SMILES string of the molecule is c1ccc(-n2c3ccccc3c3c2ccc2c4ccccc4n(-c4ccc5c(n4)oc4ncccc45)c23)cc1.c1ccc(-n2c3ccccc3c3ccc4c(c5ccccc5n4-c4ccc5c(n4)oc4ccccc45)c32)cc1. The highest BCUT2D eigenvalue weighted by atomic mass is 16.3. The molecule has 0 aliphatic rings. The summed E-state index contributed by atoms with van der Waals surface area (Å²) in [6.07, 6.45) is 1.75. The molecule has 78 heavy (non-hydrogen) atoms. The first kappa shape index (κ1) is 42.6. The molecule has 0 amide bonds. The van der Waals surface area contributed by atoms with Crippen molar-refractivity contribution >= 4 is 131 Å². The number of rotatable bonds is 4. The fourth-order valence-electron chi connectivity index (χ4n) is 12.5. The third-order valence-corrected chi connectivity index (χ3v) is 15.8. The lowest BCUT2D eigenvalue weighted by Gasteiger charge is -2.09. The number of hydrogen-bond acceptors (Lipinski definition) is 5. The van der Waals surface area contributed by atoms with Gasteiger partial charge in [-0.05, 0) is 103 Å².